The molecule has 0 saturated carbocycles. The van der Waals surface area contributed by atoms with E-state index in [2.05, 4.69) is 10.5 Å². The maximum atomic E-state index is 10.8. The lowest BCUT2D eigenvalue weighted by molar-refractivity contribution is -0.115. The molecule has 1 unspecified atom stereocenters. The van der Waals surface area contributed by atoms with Gasteiger partial charge in [0, 0.05) is 0 Å². The lowest BCUT2D eigenvalue weighted by Gasteiger charge is -2.19. The van der Waals surface area contributed by atoms with Crippen molar-refractivity contribution in [2.75, 3.05) is 0 Å². The predicted octanol–water partition coefficient (Wildman–Crippen LogP) is -1.75. The fourth-order valence-electron chi connectivity index (χ4n) is 0.603. The van der Waals surface area contributed by atoms with Crippen molar-refractivity contribution in [1.82, 2.24) is 10.7 Å². The summed E-state index contributed by atoms with van der Waals surface area (Å²) in [4.78, 5) is 10.8. The summed E-state index contributed by atoms with van der Waals surface area (Å²) in [5, 5.41) is 5.36. The highest BCUT2D eigenvalue weighted by atomic mass is 32.2. The van der Waals surface area contributed by atoms with Gasteiger partial charge in [0.05, 0.1) is 0 Å². The minimum Gasteiger partial charge on any atom is -0.315 e. The number of hydrogen-bond donors (Lipinski definition) is 3. The van der Waals surface area contributed by atoms with E-state index in [1.54, 1.807) is 0 Å². The zero-order valence-electron chi connectivity index (χ0n) is 6.10. The number of hydrazone groups is 1. The third-order valence-electron chi connectivity index (χ3n) is 1.24. The van der Waals surface area contributed by atoms with Crippen LogP contribution in [0.5, 0.6) is 0 Å². The molecule has 12 heavy (non-hydrogen) atoms. The van der Waals surface area contributed by atoms with Crippen LogP contribution in [-0.4, -0.2) is 30.1 Å². The fourth-order valence-corrected chi connectivity index (χ4v) is 1.04. The first-order chi connectivity index (χ1) is 5.41. The number of nitrogens with one attached hydrogen (secondary N) is 2. The normalized spacial score (nSPS) is 24.0. The Morgan fingerprint density at radius 3 is 2.58 bits per heavy atom. The van der Waals surface area contributed by atoms with E-state index in [0.717, 1.165) is 0 Å². The molecule has 0 aromatic rings. The van der Waals surface area contributed by atoms with Crippen molar-refractivity contribution in [3.05, 3.63) is 0 Å². The molecule has 1 heterocycles. The van der Waals surface area contributed by atoms with Crippen LogP contribution in [0.2, 0.25) is 0 Å². The van der Waals surface area contributed by atoms with Crippen LogP contribution >= 0.6 is 0 Å². The fraction of sp³-hybridized carbons (Fsp3) is 0.500. The van der Waals surface area contributed by atoms with Gasteiger partial charge in [-0.3, -0.25) is 14.8 Å². The van der Waals surface area contributed by atoms with Gasteiger partial charge in [-0.1, -0.05) is 0 Å². The minimum absolute atomic E-state index is 0.106. The number of carbonyl (C=O) groups excluding carboxylic acids is 1. The first-order valence-corrected chi connectivity index (χ1v) is 4.48. The van der Waals surface area contributed by atoms with Crippen molar-refractivity contribution in [3.63, 3.8) is 0 Å². The molecule has 1 atom stereocenters. The van der Waals surface area contributed by atoms with E-state index in [1.165, 1.54) is 6.92 Å². The molecule has 8 heteroatoms. The van der Waals surface area contributed by atoms with Crippen LogP contribution < -0.4 is 10.7 Å². The van der Waals surface area contributed by atoms with Crippen LogP contribution in [0.25, 0.3) is 0 Å². The smallest absolute Gasteiger partial charge is 0.307 e. The highest BCUT2D eigenvalue weighted by Gasteiger charge is 2.28. The first-order valence-electron chi connectivity index (χ1n) is 2.98. The SMILES string of the molecule is CC1=NNC(S(=O)(=O)O)NC1=O. The second-order valence-corrected chi connectivity index (χ2v) is 3.70. The van der Waals surface area contributed by atoms with Crippen LogP contribution in [-0.2, 0) is 14.9 Å². The Balaban J connectivity index is 2.86. The molecule has 3 N–H and O–H groups in total. The third-order valence-corrected chi connectivity index (χ3v) is 2.06. The number of rotatable bonds is 1. The number of hydrogen-bond acceptors (Lipinski definition) is 5. The Bertz CT molecular complexity index is 332. The van der Waals surface area contributed by atoms with Gasteiger partial charge in [0.25, 0.3) is 5.91 Å². The summed E-state index contributed by atoms with van der Waals surface area (Å²) >= 11 is 0. The highest BCUT2D eigenvalue weighted by Crippen LogP contribution is 1.95. The Labute approximate surface area is 68.6 Å². The summed E-state index contributed by atoms with van der Waals surface area (Å²) in [6.07, 6.45) is 0. The van der Waals surface area contributed by atoms with Gasteiger partial charge in [0.15, 0.2) is 0 Å². The minimum atomic E-state index is -4.33. The summed E-state index contributed by atoms with van der Waals surface area (Å²) in [5.41, 5.74) is 0.616. The number of nitrogens with zero attached hydrogens (tertiary/aromatic N) is 1. The Hall–Kier alpha value is -1.15. The van der Waals surface area contributed by atoms with E-state index in [1.807, 2.05) is 5.32 Å². The second kappa shape index (κ2) is 2.72. The summed E-state index contributed by atoms with van der Waals surface area (Å²) in [5.74, 6) is -0.628. The summed E-state index contributed by atoms with van der Waals surface area (Å²) in [6.45, 7) is 1.41. The van der Waals surface area contributed by atoms with Gasteiger partial charge < -0.3 is 5.32 Å². The second-order valence-electron chi connectivity index (χ2n) is 2.19. The largest absolute Gasteiger partial charge is 0.315 e. The van der Waals surface area contributed by atoms with Crippen LogP contribution in [0, 0.1) is 0 Å². The van der Waals surface area contributed by atoms with E-state index >= 15 is 0 Å². The molecule has 7 nitrogen and oxygen atoms in total. The lowest BCUT2D eigenvalue weighted by Crippen LogP contribution is -2.54. The first kappa shape index (κ1) is 8.94. The molecule has 0 bridgehead atoms. The third kappa shape index (κ3) is 1.71. The highest BCUT2D eigenvalue weighted by molar-refractivity contribution is 7.86. The van der Waals surface area contributed by atoms with Crippen molar-refractivity contribution < 1.29 is 17.8 Å². The molecule has 0 radical (unpaired) electrons. The van der Waals surface area contributed by atoms with Crippen molar-refractivity contribution in [2.24, 2.45) is 5.10 Å². The molecular weight excluding hydrogens is 186 g/mol. The lowest BCUT2D eigenvalue weighted by atomic mass is 10.4. The van der Waals surface area contributed by atoms with E-state index < -0.39 is 21.5 Å². The Morgan fingerprint density at radius 1 is 1.58 bits per heavy atom. The Kier molecular flexibility index (Phi) is 2.02. The van der Waals surface area contributed by atoms with Gasteiger partial charge in [0.1, 0.15) is 5.71 Å². The van der Waals surface area contributed by atoms with E-state index in [4.69, 9.17) is 4.55 Å². The number of amides is 1. The molecule has 0 fully saturated rings. The molecule has 1 aliphatic rings. The molecule has 0 aliphatic carbocycles. The molecule has 1 amide bonds. The topological polar surface area (TPSA) is 108 Å². The molecule has 0 aromatic heterocycles. The van der Waals surface area contributed by atoms with Crippen LogP contribution in [0.3, 0.4) is 0 Å². The van der Waals surface area contributed by atoms with Crippen LogP contribution in [0.15, 0.2) is 5.10 Å². The van der Waals surface area contributed by atoms with Gasteiger partial charge in [-0.25, -0.2) is 0 Å². The molecule has 1 rings (SSSR count). The maximum absolute atomic E-state index is 10.8. The monoisotopic (exact) mass is 193 g/mol. The summed E-state index contributed by atoms with van der Waals surface area (Å²) in [7, 11) is -4.33. The molecule has 68 valence electrons. The van der Waals surface area contributed by atoms with Crippen molar-refractivity contribution in [2.45, 2.75) is 12.4 Å². The van der Waals surface area contributed by atoms with Crippen molar-refractivity contribution in [3.8, 4) is 0 Å². The quantitative estimate of drug-likeness (QED) is 0.428. The van der Waals surface area contributed by atoms with Crippen LogP contribution in [0.4, 0.5) is 0 Å². The molecule has 0 aromatic carbocycles. The molecule has 0 saturated heterocycles. The van der Waals surface area contributed by atoms with E-state index in [-0.39, 0.29) is 5.71 Å². The molecule has 1 aliphatic heterocycles. The van der Waals surface area contributed by atoms with Gasteiger partial charge in [0.2, 0.25) is 5.50 Å². The zero-order chi connectivity index (χ0) is 9.35. The number of carbonyl (C=O) groups is 1. The van der Waals surface area contributed by atoms with Gasteiger partial charge in [-0.15, -0.1) is 0 Å². The van der Waals surface area contributed by atoms with E-state index in [0.29, 0.717) is 0 Å². The molecule has 0 spiro atoms. The predicted molar refractivity (Wildman–Crippen MR) is 39.7 cm³/mol. The van der Waals surface area contributed by atoms with Gasteiger partial charge in [-0.2, -0.15) is 13.5 Å². The standard InChI is InChI=1S/C4H7N3O4S/c1-2-3(8)5-4(7-6-2)12(9,10)11/h4,7H,1H3,(H,5,8)(H,9,10,11). The summed E-state index contributed by atoms with van der Waals surface area (Å²) in [6, 6.07) is 0. The van der Waals surface area contributed by atoms with Crippen molar-refractivity contribution >= 4 is 21.7 Å². The average molecular weight is 193 g/mol. The molecular formula is C4H7N3O4S. The summed E-state index contributed by atoms with van der Waals surface area (Å²) < 4.78 is 29.4. The average Bonchev–Trinajstić information content (AvgIpc) is 1.92. The zero-order valence-corrected chi connectivity index (χ0v) is 6.92. The van der Waals surface area contributed by atoms with E-state index in [9.17, 15) is 13.2 Å². The Morgan fingerprint density at radius 2 is 2.17 bits per heavy atom. The van der Waals surface area contributed by atoms with Gasteiger partial charge >= 0.3 is 10.1 Å². The van der Waals surface area contributed by atoms with Crippen LogP contribution in [0.1, 0.15) is 6.92 Å². The maximum Gasteiger partial charge on any atom is 0.307 e. The van der Waals surface area contributed by atoms with Crippen molar-refractivity contribution in [1.29, 1.82) is 0 Å². The van der Waals surface area contributed by atoms with Gasteiger partial charge in [-0.05, 0) is 6.92 Å².